The quantitative estimate of drug-likeness (QED) is 0.587. The van der Waals surface area contributed by atoms with Crippen molar-refractivity contribution in [3.63, 3.8) is 0 Å². The Morgan fingerprint density at radius 1 is 1.25 bits per heavy atom. The lowest BCUT2D eigenvalue weighted by Crippen LogP contribution is -2.26. The van der Waals surface area contributed by atoms with Gasteiger partial charge in [0.1, 0.15) is 5.82 Å². The molecule has 0 bridgehead atoms. The second kappa shape index (κ2) is 6.16. The number of hydrogen-bond acceptors (Lipinski definition) is 4. The number of hydrazine groups is 1. The molecule has 0 aliphatic rings. The maximum absolute atomic E-state index is 12.2. The maximum Gasteiger partial charge on any atom is 0.251 e. The second-order valence-electron chi connectivity index (χ2n) is 4.68. The van der Waals surface area contributed by atoms with Crippen molar-refractivity contribution >= 4 is 11.7 Å². The Hall–Kier alpha value is -2.40. The number of aryl methyl sites for hydroxylation is 1. The highest BCUT2D eigenvalue weighted by molar-refractivity contribution is 5.95. The van der Waals surface area contributed by atoms with Crippen LogP contribution in [0.1, 0.15) is 34.5 Å². The minimum Gasteiger partial charge on any atom is -0.346 e. The average molecular weight is 270 g/mol. The molecular weight excluding hydrogens is 252 g/mol. The van der Waals surface area contributed by atoms with E-state index in [2.05, 4.69) is 15.7 Å². The molecule has 0 fully saturated rings. The smallest absolute Gasteiger partial charge is 0.251 e. The number of aromatic nitrogens is 1. The second-order valence-corrected chi connectivity index (χ2v) is 4.68. The average Bonchev–Trinajstić information content (AvgIpc) is 2.47. The highest BCUT2D eigenvalue weighted by Crippen LogP contribution is 2.14. The van der Waals surface area contributed by atoms with Gasteiger partial charge in [0, 0.05) is 11.8 Å². The molecule has 0 aliphatic heterocycles. The summed E-state index contributed by atoms with van der Waals surface area (Å²) in [5, 5.41) is 2.95. The molecule has 104 valence electrons. The largest absolute Gasteiger partial charge is 0.346 e. The van der Waals surface area contributed by atoms with Crippen LogP contribution in [0.2, 0.25) is 0 Å². The number of anilines is 1. The summed E-state index contributed by atoms with van der Waals surface area (Å²) in [7, 11) is 0. The molecule has 1 amide bonds. The Kier molecular flexibility index (Phi) is 4.32. The van der Waals surface area contributed by atoms with Crippen LogP contribution in [0.15, 0.2) is 42.6 Å². The predicted octanol–water partition coefficient (Wildman–Crippen LogP) is 2.17. The molecule has 0 aliphatic carbocycles. The first-order valence-electron chi connectivity index (χ1n) is 6.40. The van der Waals surface area contributed by atoms with Crippen LogP contribution in [0.4, 0.5) is 5.82 Å². The van der Waals surface area contributed by atoms with Crippen molar-refractivity contribution in [2.24, 2.45) is 5.84 Å². The van der Waals surface area contributed by atoms with Gasteiger partial charge in [-0.25, -0.2) is 10.8 Å². The predicted molar refractivity (Wildman–Crippen MR) is 79.1 cm³/mol. The van der Waals surface area contributed by atoms with Crippen molar-refractivity contribution in [1.82, 2.24) is 10.3 Å². The molecule has 1 aromatic carbocycles. The lowest BCUT2D eigenvalue weighted by atomic mass is 10.1. The summed E-state index contributed by atoms with van der Waals surface area (Å²) >= 11 is 0. The van der Waals surface area contributed by atoms with Gasteiger partial charge in [0.25, 0.3) is 5.91 Å². The highest BCUT2D eigenvalue weighted by atomic mass is 16.1. The summed E-state index contributed by atoms with van der Waals surface area (Å²) in [5.41, 5.74) is 5.20. The molecule has 2 rings (SSSR count). The number of rotatable bonds is 4. The van der Waals surface area contributed by atoms with Gasteiger partial charge in [0.15, 0.2) is 0 Å². The lowest BCUT2D eigenvalue weighted by molar-refractivity contribution is 0.0940. The third-order valence-electron chi connectivity index (χ3n) is 3.09. The monoisotopic (exact) mass is 270 g/mol. The van der Waals surface area contributed by atoms with Gasteiger partial charge in [0.2, 0.25) is 0 Å². The Bertz CT molecular complexity index is 595. The van der Waals surface area contributed by atoms with Gasteiger partial charge in [0.05, 0.1) is 6.04 Å². The zero-order valence-corrected chi connectivity index (χ0v) is 11.6. The van der Waals surface area contributed by atoms with E-state index >= 15 is 0 Å². The Balaban J connectivity index is 2.08. The number of pyridine rings is 1. The minimum absolute atomic E-state index is 0.0643. The molecule has 1 heterocycles. The van der Waals surface area contributed by atoms with E-state index in [9.17, 15) is 4.79 Å². The van der Waals surface area contributed by atoms with E-state index in [1.165, 1.54) is 5.56 Å². The van der Waals surface area contributed by atoms with Gasteiger partial charge in [-0.05, 0) is 31.5 Å². The van der Waals surface area contributed by atoms with Crippen molar-refractivity contribution in [2.75, 3.05) is 5.43 Å². The molecule has 1 aromatic heterocycles. The van der Waals surface area contributed by atoms with Gasteiger partial charge in [-0.1, -0.05) is 29.8 Å². The molecule has 0 spiro atoms. The lowest BCUT2D eigenvalue weighted by Gasteiger charge is -2.15. The number of nitrogens with zero attached hydrogens (tertiary/aromatic N) is 1. The summed E-state index contributed by atoms with van der Waals surface area (Å²) in [5.74, 6) is 5.58. The zero-order chi connectivity index (χ0) is 14.5. The number of carbonyl (C=O) groups excluding carboxylic acids is 1. The van der Waals surface area contributed by atoms with Gasteiger partial charge >= 0.3 is 0 Å². The normalized spacial score (nSPS) is 11.8. The molecule has 20 heavy (non-hydrogen) atoms. The van der Waals surface area contributed by atoms with Crippen molar-refractivity contribution in [1.29, 1.82) is 0 Å². The topological polar surface area (TPSA) is 80.0 Å². The van der Waals surface area contributed by atoms with E-state index in [0.29, 0.717) is 11.4 Å². The van der Waals surface area contributed by atoms with E-state index in [0.717, 1.165) is 5.56 Å². The van der Waals surface area contributed by atoms with Crippen LogP contribution in [0.3, 0.4) is 0 Å². The maximum atomic E-state index is 12.2. The van der Waals surface area contributed by atoms with Gasteiger partial charge in [-0.3, -0.25) is 4.79 Å². The molecule has 2 aromatic rings. The highest BCUT2D eigenvalue weighted by Gasteiger charge is 2.11. The fourth-order valence-electron chi connectivity index (χ4n) is 1.87. The van der Waals surface area contributed by atoms with E-state index in [-0.39, 0.29) is 11.9 Å². The first kappa shape index (κ1) is 14.0. The van der Waals surface area contributed by atoms with Gasteiger partial charge < -0.3 is 10.7 Å². The summed E-state index contributed by atoms with van der Waals surface area (Å²) in [6, 6.07) is 11.3. The molecule has 1 atom stereocenters. The van der Waals surface area contributed by atoms with Crippen LogP contribution in [0.5, 0.6) is 0 Å². The summed E-state index contributed by atoms with van der Waals surface area (Å²) in [4.78, 5) is 16.1. The standard InChI is InChI=1S/C15H18N4O/c1-10-3-5-12(6-4-10)11(2)18-15(20)13-7-8-17-14(9-13)19-16/h3-9,11H,16H2,1-2H3,(H,17,19)(H,18,20). The van der Waals surface area contributed by atoms with E-state index in [4.69, 9.17) is 5.84 Å². The van der Waals surface area contributed by atoms with Crippen LogP contribution in [-0.2, 0) is 0 Å². The molecule has 1 unspecified atom stereocenters. The Morgan fingerprint density at radius 3 is 2.60 bits per heavy atom. The Labute approximate surface area is 118 Å². The number of nitrogens with one attached hydrogen (secondary N) is 2. The van der Waals surface area contributed by atoms with Crippen LogP contribution in [0, 0.1) is 6.92 Å². The van der Waals surface area contributed by atoms with Crippen LogP contribution < -0.4 is 16.6 Å². The Morgan fingerprint density at radius 2 is 1.95 bits per heavy atom. The first-order valence-corrected chi connectivity index (χ1v) is 6.40. The van der Waals surface area contributed by atoms with Crippen molar-refractivity contribution < 1.29 is 4.79 Å². The van der Waals surface area contributed by atoms with Crippen LogP contribution in [-0.4, -0.2) is 10.9 Å². The summed E-state index contributed by atoms with van der Waals surface area (Å²) in [6.45, 7) is 3.98. The number of benzene rings is 1. The molecule has 4 N–H and O–H groups in total. The van der Waals surface area contributed by atoms with E-state index < -0.39 is 0 Å². The summed E-state index contributed by atoms with van der Waals surface area (Å²) < 4.78 is 0. The van der Waals surface area contributed by atoms with Crippen molar-refractivity contribution in [3.05, 3.63) is 59.3 Å². The third kappa shape index (κ3) is 3.33. The molecule has 0 saturated carbocycles. The number of carbonyl (C=O) groups is 1. The SMILES string of the molecule is Cc1ccc(C(C)NC(=O)c2ccnc(NN)c2)cc1. The molecule has 5 heteroatoms. The number of hydrogen-bond donors (Lipinski definition) is 3. The minimum atomic E-state index is -0.156. The van der Waals surface area contributed by atoms with Crippen molar-refractivity contribution in [3.8, 4) is 0 Å². The number of nitrogen functional groups attached to an aromatic ring is 1. The van der Waals surface area contributed by atoms with Crippen LogP contribution >= 0.6 is 0 Å². The fourth-order valence-corrected chi connectivity index (χ4v) is 1.87. The number of amides is 1. The molecule has 0 saturated heterocycles. The number of nitrogens with two attached hydrogens (primary N) is 1. The van der Waals surface area contributed by atoms with Gasteiger partial charge in [-0.2, -0.15) is 0 Å². The van der Waals surface area contributed by atoms with Crippen LogP contribution in [0.25, 0.3) is 0 Å². The van der Waals surface area contributed by atoms with Crippen molar-refractivity contribution in [2.45, 2.75) is 19.9 Å². The molecule has 0 radical (unpaired) electrons. The third-order valence-corrected chi connectivity index (χ3v) is 3.09. The molecule has 5 nitrogen and oxygen atoms in total. The zero-order valence-electron chi connectivity index (χ0n) is 11.6. The fraction of sp³-hybridized carbons (Fsp3) is 0.200. The molecular formula is C15H18N4O. The van der Waals surface area contributed by atoms with E-state index in [1.807, 2.05) is 38.1 Å². The van der Waals surface area contributed by atoms with E-state index in [1.54, 1.807) is 18.3 Å². The summed E-state index contributed by atoms with van der Waals surface area (Å²) in [6.07, 6.45) is 1.54. The first-order chi connectivity index (χ1) is 9.60. The van der Waals surface area contributed by atoms with Gasteiger partial charge in [-0.15, -0.1) is 0 Å².